The number of hydrogen-bond acceptors (Lipinski definition) is 3. The second-order valence-electron chi connectivity index (χ2n) is 6.50. The molecule has 0 heterocycles. The van der Waals surface area contributed by atoms with Crippen molar-refractivity contribution in [2.75, 3.05) is 20.2 Å². The molecule has 3 N–H and O–H groups in total. The zero-order chi connectivity index (χ0) is 20.2. The minimum absolute atomic E-state index is 0.0888. The van der Waals surface area contributed by atoms with Crippen LogP contribution >= 0.6 is 0 Å². The quantitative estimate of drug-likeness (QED) is 0.461. The molecule has 0 saturated carbocycles. The first-order chi connectivity index (χ1) is 13.6. The van der Waals surface area contributed by atoms with Crippen LogP contribution in [0.15, 0.2) is 53.5 Å². The molecule has 6 nitrogen and oxygen atoms in total. The summed E-state index contributed by atoms with van der Waals surface area (Å²) in [5, 5.41) is 9.15. The van der Waals surface area contributed by atoms with E-state index in [2.05, 4.69) is 33.9 Å². The van der Waals surface area contributed by atoms with Crippen molar-refractivity contribution in [1.82, 2.24) is 16.0 Å². The minimum atomic E-state index is -0.0888. The molecule has 0 fully saturated rings. The maximum Gasteiger partial charge on any atom is 0.239 e. The number of carbonyl (C=O) groups is 1. The van der Waals surface area contributed by atoms with Gasteiger partial charge in [0.2, 0.25) is 5.91 Å². The number of rotatable bonds is 9. The largest absolute Gasteiger partial charge is 0.493 e. The zero-order valence-corrected chi connectivity index (χ0v) is 16.9. The molecule has 0 saturated heterocycles. The van der Waals surface area contributed by atoms with Gasteiger partial charge in [-0.3, -0.25) is 9.79 Å². The summed E-state index contributed by atoms with van der Waals surface area (Å²) in [4.78, 5) is 16.2. The zero-order valence-electron chi connectivity index (χ0n) is 16.9. The molecule has 2 aromatic rings. The molecule has 0 aliphatic carbocycles. The van der Waals surface area contributed by atoms with E-state index < -0.39 is 0 Å². The van der Waals surface area contributed by atoms with E-state index in [-0.39, 0.29) is 12.5 Å². The van der Waals surface area contributed by atoms with Gasteiger partial charge in [0.15, 0.2) is 5.96 Å². The fraction of sp³-hybridized carbons (Fsp3) is 0.364. The molecule has 28 heavy (non-hydrogen) atoms. The maximum atomic E-state index is 12.0. The third-order valence-corrected chi connectivity index (χ3v) is 4.10. The van der Waals surface area contributed by atoms with Crippen molar-refractivity contribution in [2.24, 2.45) is 4.99 Å². The summed E-state index contributed by atoms with van der Waals surface area (Å²) in [5.41, 5.74) is 3.28. The molecule has 0 aliphatic heterocycles. The molecule has 0 bridgehead atoms. The number of aliphatic imine (C=N–C) groups is 1. The fourth-order valence-electron chi connectivity index (χ4n) is 2.58. The van der Waals surface area contributed by atoms with Gasteiger partial charge in [-0.05, 0) is 30.5 Å². The monoisotopic (exact) mass is 382 g/mol. The van der Waals surface area contributed by atoms with Gasteiger partial charge in [-0.25, -0.2) is 0 Å². The number of ether oxygens (including phenoxy) is 1. The Balaban J connectivity index is 1.80. The van der Waals surface area contributed by atoms with E-state index in [1.54, 1.807) is 7.05 Å². The third-order valence-electron chi connectivity index (χ3n) is 4.10. The van der Waals surface area contributed by atoms with Crippen LogP contribution in [0.3, 0.4) is 0 Å². The lowest BCUT2D eigenvalue weighted by Gasteiger charge is -2.15. The Morgan fingerprint density at radius 2 is 1.82 bits per heavy atom. The van der Waals surface area contributed by atoms with Gasteiger partial charge >= 0.3 is 0 Å². The average molecular weight is 383 g/mol. The Labute approximate surface area is 167 Å². The summed E-state index contributed by atoms with van der Waals surface area (Å²) < 4.78 is 5.84. The van der Waals surface area contributed by atoms with Crippen molar-refractivity contribution < 1.29 is 9.53 Å². The highest BCUT2D eigenvalue weighted by atomic mass is 16.5. The molecule has 2 rings (SSSR count). The highest BCUT2D eigenvalue weighted by Gasteiger charge is 2.07. The molecule has 2 aromatic carbocycles. The van der Waals surface area contributed by atoms with Crippen molar-refractivity contribution in [3.05, 3.63) is 65.2 Å². The Bertz CT molecular complexity index is 775. The summed E-state index contributed by atoms with van der Waals surface area (Å²) in [6.07, 6.45) is 0.960. The highest BCUT2D eigenvalue weighted by molar-refractivity contribution is 5.86. The van der Waals surface area contributed by atoms with Crippen LogP contribution in [0.4, 0.5) is 0 Å². The number of benzene rings is 2. The first-order valence-corrected chi connectivity index (χ1v) is 9.59. The summed E-state index contributed by atoms with van der Waals surface area (Å²) >= 11 is 0. The van der Waals surface area contributed by atoms with Crippen LogP contribution in [0.5, 0.6) is 5.75 Å². The predicted molar refractivity (Wildman–Crippen MR) is 113 cm³/mol. The van der Waals surface area contributed by atoms with Crippen LogP contribution < -0.4 is 20.7 Å². The molecular formula is C22H30N4O2. The first-order valence-electron chi connectivity index (χ1n) is 9.59. The van der Waals surface area contributed by atoms with E-state index in [0.29, 0.717) is 25.7 Å². The molecule has 0 atom stereocenters. The van der Waals surface area contributed by atoms with E-state index in [1.807, 2.05) is 49.4 Å². The summed E-state index contributed by atoms with van der Waals surface area (Å²) in [5.74, 6) is 1.36. The third kappa shape index (κ3) is 7.31. The van der Waals surface area contributed by atoms with Gasteiger partial charge in [0.05, 0.1) is 13.2 Å². The smallest absolute Gasteiger partial charge is 0.239 e. The molecule has 150 valence electrons. The summed E-state index contributed by atoms with van der Waals surface area (Å²) in [7, 11) is 1.68. The number of hydrogen-bond donors (Lipinski definition) is 3. The van der Waals surface area contributed by atoms with Crippen molar-refractivity contribution >= 4 is 11.9 Å². The average Bonchev–Trinajstić information content (AvgIpc) is 2.72. The Kier molecular flexibility index (Phi) is 8.85. The topological polar surface area (TPSA) is 74.8 Å². The van der Waals surface area contributed by atoms with Crippen LogP contribution in [0.25, 0.3) is 0 Å². The predicted octanol–water partition coefficient (Wildman–Crippen LogP) is 2.77. The normalized spacial score (nSPS) is 11.0. The Morgan fingerprint density at radius 3 is 2.54 bits per heavy atom. The first kappa shape index (κ1) is 21.3. The molecule has 0 spiro atoms. The number of nitrogens with one attached hydrogen (secondary N) is 3. The van der Waals surface area contributed by atoms with Gasteiger partial charge in [-0.1, -0.05) is 49.4 Å². The van der Waals surface area contributed by atoms with Gasteiger partial charge < -0.3 is 20.7 Å². The molecule has 0 aromatic heterocycles. The van der Waals surface area contributed by atoms with Crippen molar-refractivity contribution in [2.45, 2.75) is 33.4 Å². The number of amides is 1. The molecule has 0 unspecified atom stereocenters. The molecular weight excluding hydrogens is 352 g/mol. The standard InChI is InChI=1S/C22H30N4O2/c1-4-12-28-20-13-17(2)10-11-19(20)15-25-22(23-3)26-16-21(27)24-14-18-8-6-5-7-9-18/h5-11,13H,4,12,14-16H2,1-3H3,(H,24,27)(H2,23,25,26). The van der Waals surface area contributed by atoms with Crippen LogP contribution in [0.2, 0.25) is 0 Å². The molecule has 0 aliphatic rings. The highest BCUT2D eigenvalue weighted by Crippen LogP contribution is 2.20. The number of aryl methyl sites for hydroxylation is 1. The van der Waals surface area contributed by atoms with E-state index in [4.69, 9.17) is 4.74 Å². The maximum absolute atomic E-state index is 12.0. The lowest BCUT2D eigenvalue weighted by Crippen LogP contribution is -2.42. The van der Waals surface area contributed by atoms with Gasteiger partial charge in [-0.2, -0.15) is 0 Å². The Morgan fingerprint density at radius 1 is 1.04 bits per heavy atom. The number of carbonyl (C=O) groups excluding carboxylic acids is 1. The van der Waals surface area contributed by atoms with Gasteiger partial charge in [0.1, 0.15) is 5.75 Å². The van der Waals surface area contributed by atoms with E-state index >= 15 is 0 Å². The van der Waals surface area contributed by atoms with Gasteiger partial charge in [0, 0.05) is 25.7 Å². The van der Waals surface area contributed by atoms with Crippen molar-refractivity contribution in [1.29, 1.82) is 0 Å². The van der Waals surface area contributed by atoms with Crippen LogP contribution in [0, 0.1) is 6.92 Å². The Hall–Kier alpha value is -3.02. The number of guanidine groups is 1. The van der Waals surface area contributed by atoms with Gasteiger partial charge in [0.25, 0.3) is 0 Å². The fourth-order valence-corrected chi connectivity index (χ4v) is 2.58. The summed E-state index contributed by atoms with van der Waals surface area (Å²) in [6.45, 7) is 6.04. The van der Waals surface area contributed by atoms with Crippen molar-refractivity contribution in [3.8, 4) is 5.75 Å². The van der Waals surface area contributed by atoms with Crippen LogP contribution in [0.1, 0.15) is 30.0 Å². The molecule has 1 amide bonds. The van der Waals surface area contributed by atoms with Crippen LogP contribution in [-0.2, 0) is 17.9 Å². The lowest BCUT2D eigenvalue weighted by molar-refractivity contribution is -0.120. The molecule has 6 heteroatoms. The van der Waals surface area contributed by atoms with E-state index in [1.165, 1.54) is 0 Å². The second-order valence-corrected chi connectivity index (χ2v) is 6.50. The van der Waals surface area contributed by atoms with Crippen LogP contribution in [-0.4, -0.2) is 32.1 Å². The second kappa shape index (κ2) is 11.6. The van der Waals surface area contributed by atoms with E-state index in [9.17, 15) is 4.79 Å². The van der Waals surface area contributed by atoms with Gasteiger partial charge in [-0.15, -0.1) is 0 Å². The molecule has 0 radical (unpaired) electrons. The lowest BCUT2D eigenvalue weighted by atomic mass is 10.1. The van der Waals surface area contributed by atoms with Crippen molar-refractivity contribution in [3.63, 3.8) is 0 Å². The number of nitrogens with zero attached hydrogens (tertiary/aromatic N) is 1. The summed E-state index contributed by atoms with van der Waals surface area (Å²) in [6, 6.07) is 16.0. The minimum Gasteiger partial charge on any atom is -0.493 e. The SMILES string of the molecule is CCCOc1cc(C)ccc1CNC(=NC)NCC(=O)NCc1ccccc1. The van der Waals surface area contributed by atoms with E-state index in [0.717, 1.165) is 28.9 Å².